The average molecular weight is 419 g/mol. The number of aryl methyl sites for hydroxylation is 1. The number of carbonyl (C=O) groups excluding carboxylic acids is 1. The normalized spacial score (nSPS) is 11.5. The second-order valence-electron chi connectivity index (χ2n) is 7.77. The highest BCUT2D eigenvalue weighted by Gasteiger charge is 2.18. The summed E-state index contributed by atoms with van der Waals surface area (Å²) in [4.78, 5) is 12.6. The molecule has 140 valence electrons. The highest BCUT2D eigenvalue weighted by atomic mass is 79.9. The number of allylic oxidation sites excluding steroid dienone is 1. The van der Waals surface area contributed by atoms with Crippen LogP contribution in [0.3, 0.4) is 0 Å². The van der Waals surface area contributed by atoms with E-state index in [1.54, 1.807) is 0 Å². The van der Waals surface area contributed by atoms with Gasteiger partial charge in [-0.15, -0.1) is 0 Å². The molecule has 0 N–H and O–H groups in total. The molecule has 0 spiro atoms. The smallest absolute Gasteiger partial charge is 0.284 e. The second kappa shape index (κ2) is 7.78. The Morgan fingerprint density at radius 3 is 2.50 bits per heavy atom. The van der Waals surface area contributed by atoms with Crippen LogP contribution >= 0.6 is 15.9 Å². The fourth-order valence-electron chi connectivity index (χ4n) is 2.76. The van der Waals surface area contributed by atoms with Crippen LogP contribution in [0.1, 0.15) is 55.0 Å². The molecule has 2 aromatic rings. The quantitative estimate of drug-likeness (QED) is 0.610. The molecule has 1 aromatic carbocycles. The van der Waals surface area contributed by atoms with E-state index < -0.39 is 0 Å². The van der Waals surface area contributed by atoms with Gasteiger partial charge in [-0.05, 0) is 66.2 Å². The average Bonchev–Trinajstić information content (AvgIpc) is 2.80. The summed E-state index contributed by atoms with van der Waals surface area (Å²) in [6.07, 6.45) is 0.728. The van der Waals surface area contributed by atoms with Gasteiger partial charge in [0.05, 0.1) is 10.2 Å². The van der Waals surface area contributed by atoms with Crippen molar-refractivity contribution in [2.45, 2.75) is 53.4 Å². The lowest BCUT2D eigenvalue weighted by Crippen LogP contribution is -2.22. The van der Waals surface area contributed by atoms with Gasteiger partial charge in [0, 0.05) is 11.3 Å². The molecular formula is C21H27BrN2O2. The lowest BCUT2D eigenvalue weighted by atomic mass is 9.87. The van der Waals surface area contributed by atoms with Crippen LogP contribution in [0.4, 0.5) is 0 Å². The van der Waals surface area contributed by atoms with E-state index in [0.717, 1.165) is 33.4 Å². The molecule has 0 saturated heterocycles. The summed E-state index contributed by atoms with van der Waals surface area (Å²) in [5, 5.41) is 4.38. The zero-order valence-electron chi connectivity index (χ0n) is 16.4. The predicted octanol–water partition coefficient (Wildman–Crippen LogP) is 5.40. The van der Waals surface area contributed by atoms with E-state index in [-0.39, 0.29) is 17.9 Å². The number of ether oxygens (including phenoxy) is 1. The highest BCUT2D eigenvalue weighted by molar-refractivity contribution is 9.10. The molecule has 0 bridgehead atoms. The Balaban J connectivity index is 2.13. The second-order valence-corrected chi connectivity index (χ2v) is 8.63. The van der Waals surface area contributed by atoms with Gasteiger partial charge >= 0.3 is 0 Å². The van der Waals surface area contributed by atoms with Gasteiger partial charge in [0.15, 0.2) is 6.61 Å². The number of carbonyl (C=O) groups is 1. The third kappa shape index (κ3) is 4.64. The predicted molar refractivity (Wildman–Crippen MR) is 109 cm³/mol. The van der Waals surface area contributed by atoms with Gasteiger partial charge in [-0.2, -0.15) is 5.10 Å². The van der Waals surface area contributed by atoms with Crippen LogP contribution in [-0.2, 0) is 11.8 Å². The van der Waals surface area contributed by atoms with Crippen LogP contribution < -0.4 is 4.74 Å². The van der Waals surface area contributed by atoms with E-state index in [1.165, 1.54) is 10.2 Å². The van der Waals surface area contributed by atoms with Gasteiger partial charge in [-0.1, -0.05) is 39.0 Å². The molecule has 2 rings (SSSR count). The van der Waals surface area contributed by atoms with Crippen molar-refractivity contribution in [1.29, 1.82) is 0 Å². The first-order chi connectivity index (χ1) is 12.0. The number of rotatable bonds is 5. The molecule has 0 saturated carbocycles. The van der Waals surface area contributed by atoms with Gasteiger partial charge in [0.2, 0.25) is 0 Å². The van der Waals surface area contributed by atoms with Crippen molar-refractivity contribution >= 4 is 21.8 Å². The van der Waals surface area contributed by atoms with Crippen molar-refractivity contribution in [3.8, 4) is 5.75 Å². The molecule has 1 heterocycles. The minimum Gasteiger partial charge on any atom is -0.483 e. The van der Waals surface area contributed by atoms with E-state index in [9.17, 15) is 4.79 Å². The summed E-state index contributed by atoms with van der Waals surface area (Å²) in [7, 11) is 0. The summed E-state index contributed by atoms with van der Waals surface area (Å²) in [5.41, 5.74) is 5.06. The molecule has 0 unspecified atom stereocenters. The number of benzene rings is 1. The number of aromatic nitrogens is 2. The monoisotopic (exact) mass is 418 g/mol. The summed E-state index contributed by atoms with van der Waals surface area (Å²) < 4.78 is 8.01. The number of hydrogen-bond donors (Lipinski definition) is 0. The third-order valence-corrected chi connectivity index (χ3v) is 4.92. The van der Waals surface area contributed by atoms with Crippen molar-refractivity contribution in [3.05, 3.63) is 57.3 Å². The Labute approximate surface area is 164 Å². The van der Waals surface area contributed by atoms with E-state index >= 15 is 0 Å². The molecule has 0 radical (unpaired) electrons. The fourth-order valence-corrected chi connectivity index (χ4v) is 3.25. The first kappa shape index (κ1) is 20.4. The van der Waals surface area contributed by atoms with E-state index in [4.69, 9.17) is 4.74 Å². The van der Waals surface area contributed by atoms with Gasteiger partial charge in [0.1, 0.15) is 5.75 Å². The topological polar surface area (TPSA) is 44.1 Å². The van der Waals surface area contributed by atoms with E-state index in [2.05, 4.69) is 48.4 Å². The van der Waals surface area contributed by atoms with Crippen LogP contribution in [0.15, 0.2) is 34.8 Å². The maximum Gasteiger partial charge on any atom is 0.284 e. The summed E-state index contributed by atoms with van der Waals surface area (Å²) in [6, 6.07) is 5.96. The minimum atomic E-state index is -0.189. The zero-order chi connectivity index (χ0) is 19.6. The van der Waals surface area contributed by atoms with Crippen molar-refractivity contribution in [2.75, 3.05) is 6.61 Å². The Hall–Kier alpha value is -1.88. The van der Waals surface area contributed by atoms with Crippen LogP contribution in [0.25, 0.3) is 0 Å². The van der Waals surface area contributed by atoms with Gasteiger partial charge in [0.25, 0.3) is 5.91 Å². The van der Waals surface area contributed by atoms with Crippen LogP contribution in [-0.4, -0.2) is 22.3 Å². The van der Waals surface area contributed by atoms with Gasteiger partial charge < -0.3 is 4.74 Å². The lowest BCUT2D eigenvalue weighted by molar-refractivity contribution is 0.0817. The number of hydrogen-bond acceptors (Lipinski definition) is 3. The largest absolute Gasteiger partial charge is 0.483 e. The number of halogens is 1. The molecule has 0 aliphatic heterocycles. The minimum absolute atomic E-state index is 0.0558. The summed E-state index contributed by atoms with van der Waals surface area (Å²) in [6.45, 7) is 16.1. The van der Waals surface area contributed by atoms with Crippen LogP contribution in [0, 0.1) is 13.8 Å². The highest BCUT2D eigenvalue weighted by Crippen LogP contribution is 2.31. The standard InChI is InChI=1S/C21H27BrN2O2/c1-13(2)10-17-14(3)23-24(15(17)4)20(25)12-26-19-9-8-16(11-18(19)22)21(5,6)7/h8-9,11H,1,10,12H2,2-7H3. The van der Waals surface area contributed by atoms with Crippen molar-refractivity contribution in [3.63, 3.8) is 0 Å². The zero-order valence-corrected chi connectivity index (χ0v) is 18.0. The third-order valence-electron chi connectivity index (χ3n) is 4.31. The molecule has 0 atom stereocenters. The van der Waals surface area contributed by atoms with Crippen LogP contribution in [0.2, 0.25) is 0 Å². The molecule has 0 aliphatic carbocycles. The SMILES string of the molecule is C=C(C)Cc1c(C)nn(C(=O)COc2ccc(C(C)(C)C)cc2Br)c1C. The molecule has 0 fully saturated rings. The first-order valence-corrected chi connectivity index (χ1v) is 9.45. The lowest BCUT2D eigenvalue weighted by Gasteiger charge is -2.20. The van der Waals surface area contributed by atoms with Gasteiger partial charge in [-0.25, -0.2) is 4.68 Å². The van der Waals surface area contributed by atoms with Gasteiger partial charge in [-0.3, -0.25) is 4.79 Å². The molecule has 0 aliphatic rings. The fraction of sp³-hybridized carbons (Fsp3) is 0.429. The maximum atomic E-state index is 12.6. The van der Waals surface area contributed by atoms with E-state index in [0.29, 0.717) is 5.75 Å². The first-order valence-electron chi connectivity index (χ1n) is 8.66. The van der Waals surface area contributed by atoms with Crippen molar-refractivity contribution < 1.29 is 9.53 Å². The van der Waals surface area contributed by atoms with Crippen LogP contribution in [0.5, 0.6) is 5.75 Å². The Morgan fingerprint density at radius 2 is 1.96 bits per heavy atom. The molecule has 4 nitrogen and oxygen atoms in total. The Bertz CT molecular complexity index is 844. The molecule has 26 heavy (non-hydrogen) atoms. The maximum absolute atomic E-state index is 12.6. The van der Waals surface area contributed by atoms with Crippen molar-refractivity contribution in [1.82, 2.24) is 9.78 Å². The summed E-state index contributed by atoms with van der Waals surface area (Å²) in [5.74, 6) is 0.459. The molecular weight excluding hydrogens is 392 g/mol. The van der Waals surface area contributed by atoms with Crippen molar-refractivity contribution in [2.24, 2.45) is 0 Å². The molecule has 0 amide bonds. The van der Waals surface area contributed by atoms with E-state index in [1.807, 2.05) is 39.0 Å². The Kier molecular flexibility index (Phi) is 6.12. The Morgan fingerprint density at radius 1 is 1.31 bits per heavy atom. The summed E-state index contributed by atoms with van der Waals surface area (Å²) >= 11 is 3.53. The molecule has 1 aromatic heterocycles. The molecule has 5 heteroatoms. The number of nitrogens with zero attached hydrogens (tertiary/aromatic N) is 2.